The second-order valence-corrected chi connectivity index (χ2v) is 3.36. The molecule has 0 aliphatic heterocycles. The maximum absolute atomic E-state index is 12.2. The number of nitrogens with zero attached hydrogens (tertiary/aromatic N) is 1. The molecule has 19 heavy (non-hydrogen) atoms. The smallest absolute Gasteiger partial charge is 0.417 e. The van der Waals surface area contributed by atoms with Crippen molar-refractivity contribution in [2.75, 3.05) is 18.5 Å². The van der Waals surface area contributed by atoms with Crippen molar-refractivity contribution in [2.24, 2.45) is 0 Å². The number of aromatic nitrogens is 1. The number of carbonyl (C=O) groups is 2. The number of ether oxygens (including phenoxy) is 1. The van der Waals surface area contributed by atoms with Crippen LogP contribution in [0.5, 0.6) is 0 Å². The first-order valence-corrected chi connectivity index (χ1v) is 4.91. The fraction of sp³-hybridized carbons (Fsp3) is 0.300. The zero-order valence-corrected chi connectivity index (χ0v) is 9.40. The van der Waals surface area contributed by atoms with Gasteiger partial charge in [-0.2, -0.15) is 13.2 Å². The third kappa shape index (κ3) is 5.34. The summed E-state index contributed by atoms with van der Waals surface area (Å²) in [6, 6.07) is 1.75. The van der Waals surface area contributed by atoms with Crippen LogP contribution in [0, 0.1) is 0 Å². The summed E-state index contributed by atoms with van der Waals surface area (Å²) in [5.74, 6) is -2.04. The van der Waals surface area contributed by atoms with E-state index in [0.717, 1.165) is 12.1 Å². The van der Waals surface area contributed by atoms with Crippen LogP contribution < -0.4 is 5.32 Å². The molecule has 0 unspecified atom stereocenters. The molecule has 2 N–H and O–H groups in total. The largest absolute Gasteiger partial charge is 0.480 e. The van der Waals surface area contributed by atoms with Gasteiger partial charge in [-0.05, 0) is 12.1 Å². The summed E-state index contributed by atoms with van der Waals surface area (Å²) < 4.78 is 41.2. The maximum Gasteiger partial charge on any atom is 0.417 e. The molecule has 1 heterocycles. The van der Waals surface area contributed by atoms with Crippen molar-refractivity contribution in [3.8, 4) is 0 Å². The Hall–Kier alpha value is -2.16. The van der Waals surface area contributed by atoms with E-state index < -0.39 is 36.8 Å². The first-order valence-electron chi connectivity index (χ1n) is 4.91. The molecule has 1 aromatic heterocycles. The molecule has 0 saturated carbocycles. The van der Waals surface area contributed by atoms with Crippen molar-refractivity contribution >= 4 is 17.7 Å². The van der Waals surface area contributed by atoms with Crippen molar-refractivity contribution in [3.63, 3.8) is 0 Å². The minimum atomic E-state index is -4.50. The molecule has 0 saturated heterocycles. The number of alkyl halides is 3. The summed E-state index contributed by atoms with van der Waals surface area (Å²) in [6.07, 6.45) is -3.92. The van der Waals surface area contributed by atoms with Gasteiger partial charge in [0.25, 0.3) is 5.91 Å². The molecule has 6 nitrogen and oxygen atoms in total. The molecule has 0 aromatic carbocycles. The Kier molecular flexibility index (Phi) is 4.81. The third-order valence-electron chi connectivity index (χ3n) is 1.82. The van der Waals surface area contributed by atoms with E-state index in [1.165, 1.54) is 0 Å². The van der Waals surface area contributed by atoms with Gasteiger partial charge in [0.05, 0.1) is 5.56 Å². The number of amides is 1. The summed E-state index contributed by atoms with van der Waals surface area (Å²) in [5, 5.41) is 10.4. The monoisotopic (exact) mass is 278 g/mol. The number of nitrogens with one attached hydrogen (secondary N) is 1. The SMILES string of the molecule is O=C(O)COCC(=O)Nc1ccc(C(F)(F)F)cn1. The molecule has 0 bridgehead atoms. The number of hydrogen-bond acceptors (Lipinski definition) is 4. The van der Waals surface area contributed by atoms with Gasteiger partial charge >= 0.3 is 12.1 Å². The number of rotatable bonds is 5. The standard InChI is InChI=1S/C10H9F3N2O4/c11-10(12,13)6-1-2-7(14-3-6)15-8(16)4-19-5-9(17)18/h1-3H,4-5H2,(H,17,18)(H,14,15,16). The molecule has 0 radical (unpaired) electrons. The highest BCUT2D eigenvalue weighted by molar-refractivity contribution is 5.90. The Bertz CT molecular complexity index is 459. The number of halogens is 3. The summed E-state index contributed by atoms with van der Waals surface area (Å²) in [7, 11) is 0. The van der Waals surface area contributed by atoms with Crippen LogP contribution in [0.4, 0.5) is 19.0 Å². The van der Waals surface area contributed by atoms with E-state index in [0.29, 0.717) is 6.20 Å². The lowest BCUT2D eigenvalue weighted by Crippen LogP contribution is -2.21. The van der Waals surface area contributed by atoms with Crippen LogP contribution in [0.3, 0.4) is 0 Å². The number of carboxylic acid groups (broad SMARTS) is 1. The zero-order valence-electron chi connectivity index (χ0n) is 9.40. The average molecular weight is 278 g/mol. The Balaban J connectivity index is 2.49. The summed E-state index contributed by atoms with van der Waals surface area (Å²) >= 11 is 0. The van der Waals surface area contributed by atoms with Gasteiger partial charge in [-0.15, -0.1) is 0 Å². The van der Waals surface area contributed by atoms with Crippen molar-refractivity contribution in [1.82, 2.24) is 4.98 Å². The Morgan fingerprint density at radius 3 is 2.47 bits per heavy atom. The van der Waals surface area contributed by atoms with Gasteiger partial charge in [0, 0.05) is 6.20 Å². The fourth-order valence-electron chi connectivity index (χ4n) is 1.05. The lowest BCUT2D eigenvalue weighted by atomic mass is 10.3. The van der Waals surface area contributed by atoms with Gasteiger partial charge in [0.2, 0.25) is 0 Å². The van der Waals surface area contributed by atoms with Crippen LogP contribution >= 0.6 is 0 Å². The molecule has 0 atom stereocenters. The van der Waals surface area contributed by atoms with Gasteiger partial charge in [-0.1, -0.05) is 0 Å². The molecular formula is C10H9F3N2O4. The number of hydrogen-bond donors (Lipinski definition) is 2. The molecule has 1 rings (SSSR count). The fourth-order valence-corrected chi connectivity index (χ4v) is 1.05. The lowest BCUT2D eigenvalue weighted by Gasteiger charge is -2.07. The molecule has 1 amide bonds. The summed E-state index contributed by atoms with van der Waals surface area (Å²) in [5.41, 5.74) is -0.937. The predicted molar refractivity (Wildman–Crippen MR) is 56.3 cm³/mol. The molecule has 0 aliphatic rings. The number of carbonyl (C=O) groups excluding carboxylic acids is 1. The molecular weight excluding hydrogens is 269 g/mol. The molecule has 0 fully saturated rings. The van der Waals surface area contributed by atoms with Crippen LogP contribution in [0.1, 0.15) is 5.56 Å². The molecule has 1 aromatic rings. The van der Waals surface area contributed by atoms with E-state index in [1.807, 2.05) is 0 Å². The number of carboxylic acids is 1. The Labute approximate surface area is 105 Å². The van der Waals surface area contributed by atoms with Crippen molar-refractivity contribution in [1.29, 1.82) is 0 Å². The van der Waals surface area contributed by atoms with E-state index in [9.17, 15) is 22.8 Å². The van der Waals surface area contributed by atoms with E-state index in [1.54, 1.807) is 0 Å². The Morgan fingerprint density at radius 2 is 2.00 bits per heavy atom. The van der Waals surface area contributed by atoms with E-state index >= 15 is 0 Å². The topological polar surface area (TPSA) is 88.5 Å². The minimum Gasteiger partial charge on any atom is -0.480 e. The van der Waals surface area contributed by atoms with Crippen LogP contribution in [0.15, 0.2) is 18.3 Å². The maximum atomic E-state index is 12.2. The molecule has 104 valence electrons. The van der Waals surface area contributed by atoms with Crippen molar-refractivity contribution in [3.05, 3.63) is 23.9 Å². The third-order valence-corrected chi connectivity index (χ3v) is 1.82. The summed E-state index contributed by atoms with van der Waals surface area (Å²) in [4.78, 5) is 24.7. The lowest BCUT2D eigenvalue weighted by molar-refractivity contribution is -0.143. The molecule has 9 heteroatoms. The quantitative estimate of drug-likeness (QED) is 0.843. The second-order valence-electron chi connectivity index (χ2n) is 3.36. The first kappa shape index (κ1) is 14.9. The highest BCUT2D eigenvalue weighted by atomic mass is 19.4. The van der Waals surface area contributed by atoms with Gasteiger partial charge in [0.15, 0.2) is 0 Å². The van der Waals surface area contributed by atoms with E-state index in [4.69, 9.17) is 5.11 Å². The van der Waals surface area contributed by atoms with Crippen LogP contribution in [-0.4, -0.2) is 35.2 Å². The highest BCUT2D eigenvalue weighted by Gasteiger charge is 2.30. The zero-order chi connectivity index (χ0) is 14.5. The highest BCUT2D eigenvalue weighted by Crippen LogP contribution is 2.28. The van der Waals surface area contributed by atoms with E-state index in [2.05, 4.69) is 15.0 Å². The summed E-state index contributed by atoms with van der Waals surface area (Å²) in [6.45, 7) is -1.18. The Morgan fingerprint density at radius 1 is 1.32 bits per heavy atom. The van der Waals surface area contributed by atoms with Gasteiger partial charge in [0.1, 0.15) is 19.0 Å². The van der Waals surface area contributed by atoms with Gasteiger partial charge < -0.3 is 15.2 Å². The second kappa shape index (κ2) is 6.14. The molecule has 0 spiro atoms. The predicted octanol–water partition coefficient (Wildman–Crippen LogP) is 1.14. The average Bonchev–Trinajstić information content (AvgIpc) is 2.27. The normalized spacial score (nSPS) is 11.1. The van der Waals surface area contributed by atoms with Crippen molar-refractivity contribution in [2.45, 2.75) is 6.18 Å². The number of aliphatic carboxylic acids is 1. The first-order chi connectivity index (χ1) is 8.79. The van der Waals surface area contributed by atoms with Crippen LogP contribution in [0.2, 0.25) is 0 Å². The van der Waals surface area contributed by atoms with Crippen molar-refractivity contribution < 1.29 is 32.6 Å². The van der Waals surface area contributed by atoms with Crippen LogP contribution in [-0.2, 0) is 20.5 Å². The number of pyridine rings is 1. The minimum absolute atomic E-state index is 0.0862. The van der Waals surface area contributed by atoms with Gasteiger partial charge in [-0.25, -0.2) is 9.78 Å². The van der Waals surface area contributed by atoms with Gasteiger partial charge in [-0.3, -0.25) is 4.79 Å². The molecule has 0 aliphatic carbocycles. The van der Waals surface area contributed by atoms with Crippen LogP contribution in [0.25, 0.3) is 0 Å². The number of anilines is 1. The van der Waals surface area contributed by atoms with E-state index in [-0.39, 0.29) is 5.82 Å².